The van der Waals surface area contributed by atoms with Gasteiger partial charge in [-0.3, -0.25) is 10.1 Å². The molecule has 0 saturated heterocycles. The van der Waals surface area contributed by atoms with Crippen LogP contribution in [-0.2, 0) is 19.1 Å². The molecule has 10 nitrogen and oxygen atoms in total. The third-order valence-electron chi connectivity index (χ3n) is 4.29. The van der Waals surface area contributed by atoms with Crippen molar-refractivity contribution >= 4 is 52.8 Å². The molecule has 178 valence electrons. The Bertz CT molecular complexity index is 1210. The van der Waals surface area contributed by atoms with E-state index < -0.39 is 16.9 Å². The number of carbonyl (C=O) groups excluding carboxylic acids is 2. The largest absolute Gasteiger partial charge is 0.490 e. The van der Waals surface area contributed by atoms with Crippen LogP contribution in [0, 0.1) is 10.1 Å². The Morgan fingerprint density at radius 1 is 1.15 bits per heavy atom. The lowest BCUT2D eigenvalue weighted by atomic mass is 10.1. The molecule has 0 saturated carbocycles. The van der Waals surface area contributed by atoms with Gasteiger partial charge in [0, 0.05) is 12.1 Å². The lowest BCUT2D eigenvalue weighted by Gasteiger charge is -2.14. The van der Waals surface area contributed by atoms with Gasteiger partial charge in [0.25, 0.3) is 5.69 Å². The summed E-state index contributed by atoms with van der Waals surface area (Å²) in [6, 6.07) is 6.73. The van der Waals surface area contributed by atoms with Crippen LogP contribution in [0.5, 0.6) is 11.5 Å². The summed E-state index contributed by atoms with van der Waals surface area (Å²) in [7, 11) is 0. The summed E-state index contributed by atoms with van der Waals surface area (Å²) >= 11 is 12.4. The van der Waals surface area contributed by atoms with Crippen LogP contribution in [0.1, 0.15) is 25.0 Å². The standard InChI is InChI=1S/C22H18Cl2N2O8/c1-3-31-18-9-12(7-16(24)20(18)33-11-19(27)32-4-2)8-17-22(28)34-21(25-17)14-10-13(26(29)30)5-6-15(14)23/h5-10H,3-4,11H2,1-2H3/b17-8-. The normalized spacial score (nSPS) is 13.9. The average molecular weight is 509 g/mol. The molecule has 0 fully saturated rings. The molecular weight excluding hydrogens is 491 g/mol. The maximum Gasteiger partial charge on any atom is 0.363 e. The molecule has 0 atom stereocenters. The van der Waals surface area contributed by atoms with Gasteiger partial charge in [-0.25, -0.2) is 14.6 Å². The summed E-state index contributed by atoms with van der Waals surface area (Å²) in [5, 5.41) is 11.3. The molecule has 0 unspecified atom stereocenters. The van der Waals surface area contributed by atoms with E-state index in [4.69, 9.17) is 42.1 Å². The van der Waals surface area contributed by atoms with Crippen LogP contribution in [-0.4, -0.2) is 42.6 Å². The van der Waals surface area contributed by atoms with Crippen LogP contribution in [0.3, 0.4) is 0 Å². The molecule has 0 bridgehead atoms. The third-order valence-corrected chi connectivity index (χ3v) is 4.90. The zero-order valence-corrected chi connectivity index (χ0v) is 19.5. The quantitative estimate of drug-likeness (QED) is 0.208. The van der Waals surface area contributed by atoms with Crippen LogP contribution in [0.4, 0.5) is 5.69 Å². The minimum Gasteiger partial charge on any atom is -0.490 e. The summed E-state index contributed by atoms with van der Waals surface area (Å²) in [5.41, 5.74) is 0.209. The highest BCUT2D eigenvalue weighted by Gasteiger charge is 2.27. The van der Waals surface area contributed by atoms with Gasteiger partial charge in [-0.1, -0.05) is 23.2 Å². The number of cyclic esters (lactones) is 1. The molecule has 1 aliphatic heterocycles. The van der Waals surface area contributed by atoms with E-state index >= 15 is 0 Å². The van der Waals surface area contributed by atoms with Crippen LogP contribution in [0.2, 0.25) is 10.0 Å². The first-order valence-corrected chi connectivity index (χ1v) is 10.7. The number of carbonyl (C=O) groups is 2. The summed E-state index contributed by atoms with van der Waals surface area (Å²) in [6.45, 7) is 3.55. The molecule has 34 heavy (non-hydrogen) atoms. The number of nitro benzene ring substituents is 1. The number of hydrogen-bond donors (Lipinski definition) is 0. The Labute approximate surface area is 203 Å². The van der Waals surface area contributed by atoms with E-state index in [9.17, 15) is 19.7 Å². The SMILES string of the molecule is CCOC(=O)COc1c(Cl)cc(/C=C2\N=C(c3cc([N+](=O)[O-])ccc3Cl)OC2=O)cc1OCC. The summed E-state index contributed by atoms with van der Waals surface area (Å²) in [5.74, 6) is -1.14. The van der Waals surface area contributed by atoms with Gasteiger partial charge < -0.3 is 18.9 Å². The maximum atomic E-state index is 12.4. The second-order valence-corrected chi connectivity index (χ2v) is 7.43. The molecule has 0 aromatic heterocycles. The lowest BCUT2D eigenvalue weighted by Crippen LogP contribution is -2.15. The summed E-state index contributed by atoms with van der Waals surface area (Å²) in [4.78, 5) is 38.6. The third kappa shape index (κ3) is 5.83. The maximum absolute atomic E-state index is 12.4. The molecule has 0 spiro atoms. The van der Waals surface area contributed by atoms with Crippen molar-refractivity contribution in [3.8, 4) is 11.5 Å². The lowest BCUT2D eigenvalue weighted by molar-refractivity contribution is -0.384. The number of hydrogen-bond acceptors (Lipinski definition) is 9. The molecule has 1 aliphatic rings. The minimum absolute atomic E-state index is 0.0868. The number of benzene rings is 2. The van der Waals surface area contributed by atoms with Gasteiger partial charge in [0.15, 0.2) is 23.8 Å². The second kappa shape index (κ2) is 11.0. The topological polar surface area (TPSA) is 127 Å². The van der Waals surface area contributed by atoms with Gasteiger partial charge in [0.05, 0.1) is 33.7 Å². The monoisotopic (exact) mass is 508 g/mol. The van der Waals surface area contributed by atoms with Crippen molar-refractivity contribution in [3.05, 3.63) is 67.3 Å². The Balaban J connectivity index is 1.93. The van der Waals surface area contributed by atoms with Crippen LogP contribution in [0.15, 0.2) is 41.0 Å². The van der Waals surface area contributed by atoms with Gasteiger partial charge in [0.1, 0.15) is 0 Å². The number of nitrogens with zero attached hydrogens (tertiary/aromatic N) is 2. The Morgan fingerprint density at radius 2 is 1.91 bits per heavy atom. The molecule has 0 aliphatic carbocycles. The highest BCUT2D eigenvalue weighted by molar-refractivity contribution is 6.34. The Morgan fingerprint density at radius 3 is 2.59 bits per heavy atom. The number of aliphatic imine (C=N–C) groups is 1. The van der Waals surface area contributed by atoms with E-state index in [-0.39, 0.29) is 64.2 Å². The second-order valence-electron chi connectivity index (χ2n) is 6.61. The number of ether oxygens (including phenoxy) is 4. The fourth-order valence-electron chi connectivity index (χ4n) is 2.88. The van der Waals surface area contributed by atoms with E-state index in [1.54, 1.807) is 19.9 Å². The minimum atomic E-state index is -0.783. The summed E-state index contributed by atoms with van der Waals surface area (Å²) in [6.07, 6.45) is 1.39. The van der Waals surface area contributed by atoms with Gasteiger partial charge in [-0.2, -0.15) is 0 Å². The van der Waals surface area contributed by atoms with Crippen molar-refractivity contribution in [2.24, 2.45) is 4.99 Å². The van der Waals surface area contributed by atoms with E-state index in [0.29, 0.717) is 5.56 Å². The van der Waals surface area contributed by atoms with E-state index in [0.717, 1.165) is 6.07 Å². The molecule has 2 aromatic rings. The van der Waals surface area contributed by atoms with Gasteiger partial charge in [0.2, 0.25) is 5.90 Å². The number of halogens is 2. The van der Waals surface area contributed by atoms with Crippen LogP contribution >= 0.6 is 23.2 Å². The molecular formula is C22H18Cl2N2O8. The molecule has 3 rings (SSSR count). The number of esters is 2. The van der Waals surface area contributed by atoms with Gasteiger partial charge >= 0.3 is 11.9 Å². The fraction of sp³-hybridized carbons (Fsp3) is 0.227. The first-order valence-electron chi connectivity index (χ1n) is 9.95. The zero-order valence-electron chi connectivity index (χ0n) is 18.0. The highest BCUT2D eigenvalue weighted by atomic mass is 35.5. The fourth-order valence-corrected chi connectivity index (χ4v) is 3.35. The molecule has 0 radical (unpaired) electrons. The molecule has 1 heterocycles. The van der Waals surface area contributed by atoms with Crippen LogP contribution in [0.25, 0.3) is 6.08 Å². The predicted molar refractivity (Wildman–Crippen MR) is 123 cm³/mol. The van der Waals surface area contributed by atoms with E-state index in [2.05, 4.69) is 4.99 Å². The molecule has 12 heteroatoms. The molecule has 2 aromatic carbocycles. The van der Waals surface area contributed by atoms with Crippen molar-refractivity contribution in [1.29, 1.82) is 0 Å². The summed E-state index contributed by atoms with van der Waals surface area (Å²) < 4.78 is 21.0. The molecule has 0 N–H and O–H groups in total. The van der Waals surface area contributed by atoms with Gasteiger partial charge in [-0.05, 0) is 43.7 Å². The number of rotatable bonds is 9. The van der Waals surface area contributed by atoms with Crippen molar-refractivity contribution < 1.29 is 33.5 Å². The van der Waals surface area contributed by atoms with E-state index in [1.165, 1.54) is 24.3 Å². The van der Waals surface area contributed by atoms with Crippen LogP contribution < -0.4 is 9.47 Å². The van der Waals surface area contributed by atoms with Crippen molar-refractivity contribution in [3.63, 3.8) is 0 Å². The van der Waals surface area contributed by atoms with E-state index in [1.807, 2.05) is 0 Å². The molecule has 0 amide bonds. The average Bonchev–Trinajstić information content (AvgIpc) is 3.13. The number of nitro groups is 1. The van der Waals surface area contributed by atoms with Crippen molar-refractivity contribution in [2.45, 2.75) is 13.8 Å². The first kappa shape index (κ1) is 25.0. The Kier molecular flexibility index (Phi) is 8.08. The first-order chi connectivity index (χ1) is 16.2. The Hall–Kier alpha value is -3.63. The smallest absolute Gasteiger partial charge is 0.363 e. The predicted octanol–water partition coefficient (Wildman–Crippen LogP) is 4.59. The van der Waals surface area contributed by atoms with Crippen molar-refractivity contribution in [1.82, 2.24) is 0 Å². The zero-order chi connectivity index (χ0) is 24.8. The van der Waals surface area contributed by atoms with Crippen molar-refractivity contribution in [2.75, 3.05) is 19.8 Å². The highest BCUT2D eigenvalue weighted by Crippen LogP contribution is 2.38. The van der Waals surface area contributed by atoms with Gasteiger partial charge in [-0.15, -0.1) is 0 Å². The number of non-ortho nitro benzene ring substituents is 1.